The first kappa shape index (κ1) is 18.9. The zero-order valence-corrected chi connectivity index (χ0v) is 14.5. The lowest BCUT2D eigenvalue weighted by molar-refractivity contribution is -0.137. The van der Waals surface area contributed by atoms with Crippen LogP contribution in [0.25, 0.3) is 0 Å². The van der Waals surface area contributed by atoms with Crippen LogP contribution in [0.2, 0.25) is 5.02 Å². The molecule has 0 saturated carbocycles. The molecule has 6 heteroatoms. The van der Waals surface area contributed by atoms with Crippen molar-refractivity contribution in [2.45, 2.75) is 25.8 Å². The SMILES string of the molecule is CC(Cc1ccccc1F)C(=O)N[C@@H](CC(=O)O)c1ccc(Cl)cc1. The van der Waals surface area contributed by atoms with Gasteiger partial charge in [0.2, 0.25) is 5.91 Å². The van der Waals surface area contributed by atoms with Gasteiger partial charge in [-0.05, 0) is 35.7 Å². The molecule has 25 heavy (non-hydrogen) atoms. The van der Waals surface area contributed by atoms with E-state index >= 15 is 0 Å². The highest BCUT2D eigenvalue weighted by atomic mass is 35.5. The summed E-state index contributed by atoms with van der Waals surface area (Å²) in [4.78, 5) is 23.5. The van der Waals surface area contributed by atoms with E-state index < -0.39 is 17.9 Å². The minimum atomic E-state index is -1.03. The fourth-order valence-corrected chi connectivity index (χ4v) is 2.65. The van der Waals surface area contributed by atoms with Gasteiger partial charge in [0, 0.05) is 10.9 Å². The minimum Gasteiger partial charge on any atom is -0.481 e. The van der Waals surface area contributed by atoms with Gasteiger partial charge in [-0.1, -0.05) is 48.9 Å². The average molecular weight is 364 g/mol. The Hall–Kier alpha value is -2.40. The topological polar surface area (TPSA) is 66.4 Å². The molecule has 0 bridgehead atoms. The van der Waals surface area contributed by atoms with Gasteiger partial charge in [0.1, 0.15) is 5.82 Å². The Morgan fingerprint density at radius 3 is 2.40 bits per heavy atom. The zero-order valence-electron chi connectivity index (χ0n) is 13.7. The number of rotatable bonds is 7. The van der Waals surface area contributed by atoms with Crippen molar-refractivity contribution in [3.63, 3.8) is 0 Å². The molecular weight excluding hydrogens is 345 g/mol. The van der Waals surface area contributed by atoms with Gasteiger partial charge in [0.05, 0.1) is 12.5 Å². The molecule has 1 unspecified atom stereocenters. The monoisotopic (exact) mass is 363 g/mol. The average Bonchev–Trinajstić information content (AvgIpc) is 2.56. The second kappa shape index (κ2) is 8.62. The van der Waals surface area contributed by atoms with Crippen LogP contribution in [-0.2, 0) is 16.0 Å². The molecule has 4 nitrogen and oxygen atoms in total. The van der Waals surface area contributed by atoms with Gasteiger partial charge >= 0.3 is 5.97 Å². The van der Waals surface area contributed by atoms with Crippen LogP contribution >= 0.6 is 11.6 Å². The van der Waals surface area contributed by atoms with Gasteiger partial charge in [-0.3, -0.25) is 9.59 Å². The first-order valence-electron chi connectivity index (χ1n) is 7.88. The molecule has 0 saturated heterocycles. The van der Waals surface area contributed by atoms with E-state index in [2.05, 4.69) is 5.32 Å². The van der Waals surface area contributed by atoms with Crippen LogP contribution in [0, 0.1) is 11.7 Å². The molecule has 0 aromatic heterocycles. The molecule has 2 rings (SSSR count). The van der Waals surface area contributed by atoms with Crippen molar-refractivity contribution in [2.75, 3.05) is 0 Å². The fourth-order valence-electron chi connectivity index (χ4n) is 2.52. The number of carboxylic acid groups (broad SMARTS) is 1. The van der Waals surface area contributed by atoms with Crippen molar-refractivity contribution >= 4 is 23.5 Å². The van der Waals surface area contributed by atoms with Gasteiger partial charge in [0.15, 0.2) is 0 Å². The second-order valence-corrected chi connectivity index (χ2v) is 6.34. The standard InChI is InChI=1S/C19H19ClFNO3/c1-12(10-14-4-2-3-5-16(14)21)19(25)22-17(11-18(23)24)13-6-8-15(20)9-7-13/h2-9,12,17H,10-11H2,1H3,(H,22,25)(H,23,24)/t12?,17-/m0/s1. The molecule has 2 aromatic carbocycles. The van der Waals surface area contributed by atoms with Crippen LogP contribution in [-0.4, -0.2) is 17.0 Å². The summed E-state index contributed by atoms with van der Waals surface area (Å²) >= 11 is 5.84. The van der Waals surface area contributed by atoms with E-state index in [0.717, 1.165) is 0 Å². The highest BCUT2D eigenvalue weighted by molar-refractivity contribution is 6.30. The number of benzene rings is 2. The van der Waals surface area contributed by atoms with Gasteiger partial charge in [-0.15, -0.1) is 0 Å². The minimum absolute atomic E-state index is 0.235. The normalized spacial score (nSPS) is 13.1. The van der Waals surface area contributed by atoms with Gasteiger partial charge in [-0.2, -0.15) is 0 Å². The number of nitrogens with one attached hydrogen (secondary N) is 1. The maximum atomic E-state index is 13.7. The van der Waals surface area contributed by atoms with Crippen LogP contribution < -0.4 is 5.32 Å². The van der Waals surface area contributed by atoms with Crippen molar-refractivity contribution in [3.05, 3.63) is 70.5 Å². The van der Waals surface area contributed by atoms with Gasteiger partial charge in [-0.25, -0.2) is 4.39 Å². The number of carbonyl (C=O) groups is 2. The third kappa shape index (κ3) is 5.57. The molecule has 1 amide bonds. The summed E-state index contributed by atoms with van der Waals surface area (Å²) in [5.74, 6) is -2.21. The fraction of sp³-hybridized carbons (Fsp3) is 0.263. The molecule has 0 radical (unpaired) electrons. The summed E-state index contributed by atoms with van der Waals surface area (Å²) in [6.07, 6.45) is -0.0152. The summed E-state index contributed by atoms with van der Waals surface area (Å²) in [7, 11) is 0. The zero-order chi connectivity index (χ0) is 18.4. The summed E-state index contributed by atoms with van der Waals surface area (Å²) in [5, 5.41) is 12.4. The van der Waals surface area contributed by atoms with E-state index in [4.69, 9.17) is 16.7 Å². The highest BCUT2D eigenvalue weighted by Gasteiger charge is 2.22. The lowest BCUT2D eigenvalue weighted by atomic mass is 9.98. The van der Waals surface area contributed by atoms with Crippen molar-refractivity contribution in [1.82, 2.24) is 5.32 Å². The van der Waals surface area contributed by atoms with E-state index in [-0.39, 0.29) is 24.6 Å². The molecule has 0 aliphatic heterocycles. The first-order valence-corrected chi connectivity index (χ1v) is 8.25. The summed E-state index contributed by atoms with van der Waals surface area (Å²) in [5.41, 5.74) is 1.10. The largest absolute Gasteiger partial charge is 0.481 e. The van der Waals surface area contributed by atoms with Crippen LogP contribution in [0.5, 0.6) is 0 Å². The Bertz CT molecular complexity index is 749. The van der Waals surface area contributed by atoms with Gasteiger partial charge < -0.3 is 10.4 Å². The number of hydrogen-bond acceptors (Lipinski definition) is 2. The van der Waals surface area contributed by atoms with Crippen LogP contribution in [0.1, 0.15) is 30.5 Å². The van der Waals surface area contributed by atoms with E-state index in [1.54, 1.807) is 49.4 Å². The number of carbonyl (C=O) groups excluding carboxylic acids is 1. The van der Waals surface area contributed by atoms with E-state index in [1.165, 1.54) is 6.07 Å². The summed E-state index contributed by atoms with van der Waals surface area (Å²) in [6.45, 7) is 1.68. The Morgan fingerprint density at radius 2 is 1.80 bits per heavy atom. The van der Waals surface area contributed by atoms with Crippen LogP contribution in [0.15, 0.2) is 48.5 Å². The molecule has 0 aliphatic carbocycles. The third-order valence-electron chi connectivity index (χ3n) is 3.90. The molecular formula is C19H19ClFNO3. The lowest BCUT2D eigenvalue weighted by Crippen LogP contribution is -2.35. The first-order chi connectivity index (χ1) is 11.9. The quantitative estimate of drug-likeness (QED) is 0.781. The molecule has 132 valence electrons. The number of amides is 1. The van der Waals surface area contributed by atoms with Crippen molar-refractivity contribution in [2.24, 2.45) is 5.92 Å². The number of hydrogen-bond donors (Lipinski definition) is 2. The van der Waals surface area contributed by atoms with Crippen LogP contribution in [0.4, 0.5) is 4.39 Å². The smallest absolute Gasteiger partial charge is 0.305 e. The highest BCUT2D eigenvalue weighted by Crippen LogP contribution is 2.21. The predicted octanol–water partition coefficient (Wildman–Crippen LogP) is 3.99. The molecule has 2 N–H and O–H groups in total. The number of aliphatic carboxylic acids is 1. The number of halogens is 2. The van der Waals surface area contributed by atoms with Crippen molar-refractivity contribution in [3.8, 4) is 0 Å². The molecule has 2 atom stereocenters. The van der Waals surface area contributed by atoms with Crippen LogP contribution in [0.3, 0.4) is 0 Å². The van der Waals surface area contributed by atoms with Crippen molar-refractivity contribution < 1.29 is 19.1 Å². The Labute approximate surface area is 150 Å². The maximum Gasteiger partial charge on any atom is 0.305 e. The summed E-state index contributed by atoms with van der Waals surface area (Å²) < 4.78 is 13.7. The molecule has 2 aromatic rings. The molecule has 0 spiro atoms. The Kier molecular flexibility index (Phi) is 6.53. The third-order valence-corrected chi connectivity index (χ3v) is 4.15. The van der Waals surface area contributed by atoms with E-state index in [9.17, 15) is 14.0 Å². The van der Waals surface area contributed by atoms with E-state index in [0.29, 0.717) is 16.1 Å². The maximum absolute atomic E-state index is 13.7. The molecule has 0 aliphatic rings. The second-order valence-electron chi connectivity index (χ2n) is 5.91. The van der Waals surface area contributed by atoms with E-state index in [1.807, 2.05) is 0 Å². The summed E-state index contributed by atoms with van der Waals surface area (Å²) in [6, 6.07) is 12.2. The Morgan fingerprint density at radius 1 is 1.16 bits per heavy atom. The molecule has 0 heterocycles. The van der Waals surface area contributed by atoms with Crippen molar-refractivity contribution in [1.29, 1.82) is 0 Å². The predicted molar refractivity (Wildman–Crippen MR) is 93.9 cm³/mol. The van der Waals surface area contributed by atoms with Gasteiger partial charge in [0.25, 0.3) is 0 Å². The number of carboxylic acids is 1. The molecule has 0 fully saturated rings. The lowest BCUT2D eigenvalue weighted by Gasteiger charge is -2.20. The Balaban J connectivity index is 2.09.